The first-order chi connectivity index (χ1) is 13.4. The lowest BCUT2D eigenvalue weighted by atomic mass is 10.2. The standard InChI is InChI=1S/C21H27N3O3S/c1-17-8-9-18(2)20(16-17)28(26,27)22-11-10-21(25)24-14-12-23(13-15-24)19-6-4-3-5-7-19/h3-9,16,22H,10-15H2,1-2H3. The van der Waals surface area contributed by atoms with E-state index in [1.54, 1.807) is 19.1 Å². The Morgan fingerprint density at radius 1 is 1.00 bits per heavy atom. The van der Waals surface area contributed by atoms with E-state index >= 15 is 0 Å². The van der Waals surface area contributed by atoms with E-state index in [-0.39, 0.29) is 23.8 Å². The molecule has 0 aromatic heterocycles. The van der Waals surface area contributed by atoms with Crippen molar-refractivity contribution in [3.05, 3.63) is 59.7 Å². The van der Waals surface area contributed by atoms with Crippen LogP contribution in [0.5, 0.6) is 0 Å². The molecule has 3 rings (SSSR count). The van der Waals surface area contributed by atoms with Crippen molar-refractivity contribution in [1.29, 1.82) is 0 Å². The fourth-order valence-corrected chi connectivity index (χ4v) is 4.74. The van der Waals surface area contributed by atoms with Gasteiger partial charge in [0.15, 0.2) is 0 Å². The second-order valence-corrected chi connectivity index (χ2v) is 8.86. The topological polar surface area (TPSA) is 69.7 Å². The van der Waals surface area contributed by atoms with Crippen LogP contribution in [-0.2, 0) is 14.8 Å². The van der Waals surface area contributed by atoms with Gasteiger partial charge in [0.1, 0.15) is 0 Å². The molecule has 0 unspecified atom stereocenters. The van der Waals surface area contributed by atoms with E-state index in [2.05, 4.69) is 21.8 Å². The zero-order valence-corrected chi connectivity index (χ0v) is 17.2. The Morgan fingerprint density at radius 2 is 1.68 bits per heavy atom. The van der Waals surface area contributed by atoms with Gasteiger partial charge in [-0.05, 0) is 43.2 Å². The molecule has 2 aromatic rings. The van der Waals surface area contributed by atoms with Gasteiger partial charge in [0, 0.05) is 44.8 Å². The summed E-state index contributed by atoms with van der Waals surface area (Å²) in [5, 5.41) is 0. The second kappa shape index (κ2) is 8.75. The lowest BCUT2D eigenvalue weighted by Gasteiger charge is -2.36. The molecular formula is C21H27N3O3S. The summed E-state index contributed by atoms with van der Waals surface area (Å²) >= 11 is 0. The van der Waals surface area contributed by atoms with Gasteiger partial charge in [-0.15, -0.1) is 0 Å². The average Bonchev–Trinajstić information content (AvgIpc) is 2.70. The molecule has 0 radical (unpaired) electrons. The average molecular weight is 402 g/mol. The second-order valence-electron chi connectivity index (χ2n) is 7.12. The van der Waals surface area contributed by atoms with E-state index in [0.717, 1.165) is 24.3 Å². The summed E-state index contributed by atoms with van der Waals surface area (Å²) in [6, 6.07) is 15.5. The summed E-state index contributed by atoms with van der Waals surface area (Å²) in [4.78, 5) is 16.8. The first-order valence-electron chi connectivity index (χ1n) is 9.51. The normalized spacial score (nSPS) is 14.9. The molecule has 1 N–H and O–H groups in total. The molecule has 150 valence electrons. The third kappa shape index (κ3) is 4.91. The van der Waals surface area contributed by atoms with Gasteiger partial charge in [-0.3, -0.25) is 4.79 Å². The van der Waals surface area contributed by atoms with Gasteiger partial charge in [-0.25, -0.2) is 13.1 Å². The van der Waals surface area contributed by atoms with Gasteiger partial charge in [0.25, 0.3) is 0 Å². The van der Waals surface area contributed by atoms with Crippen LogP contribution in [0.4, 0.5) is 5.69 Å². The van der Waals surface area contributed by atoms with Crippen molar-refractivity contribution in [2.75, 3.05) is 37.6 Å². The molecule has 0 spiro atoms. The number of carbonyl (C=O) groups is 1. The van der Waals surface area contributed by atoms with Gasteiger partial charge in [-0.1, -0.05) is 30.3 Å². The monoisotopic (exact) mass is 401 g/mol. The molecular weight excluding hydrogens is 374 g/mol. The molecule has 0 atom stereocenters. The Morgan fingerprint density at radius 3 is 2.36 bits per heavy atom. The molecule has 1 aliphatic rings. The number of nitrogens with zero attached hydrogens (tertiary/aromatic N) is 2. The molecule has 1 fully saturated rings. The molecule has 0 bridgehead atoms. The van der Waals surface area contributed by atoms with E-state index in [9.17, 15) is 13.2 Å². The molecule has 1 amide bonds. The third-order valence-corrected chi connectivity index (χ3v) is 6.62. The highest BCUT2D eigenvalue weighted by molar-refractivity contribution is 7.89. The Labute approximate surface area is 167 Å². The van der Waals surface area contributed by atoms with Gasteiger partial charge in [0.05, 0.1) is 4.90 Å². The van der Waals surface area contributed by atoms with E-state index in [1.807, 2.05) is 36.1 Å². The Balaban J connectivity index is 1.49. The predicted octanol–water partition coefficient (Wildman–Crippen LogP) is 2.32. The largest absolute Gasteiger partial charge is 0.368 e. The molecule has 7 heteroatoms. The van der Waals surface area contributed by atoms with Crippen molar-refractivity contribution in [3.63, 3.8) is 0 Å². The minimum absolute atomic E-state index is 0.0172. The fraction of sp³-hybridized carbons (Fsp3) is 0.381. The molecule has 1 aliphatic heterocycles. The van der Waals surface area contributed by atoms with Crippen molar-refractivity contribution in [3.8, 4) is 0 Å². The molecule has 0 aliphatic carbocycles. The summed E-state index contributed by atoms with van der Waals surface area (Å²) in [5.41, 5.74) is 2.75. The van der Waals surface area contributed by atoms with Crippen LogP contribution in [0.2, 0.25) is 0 Å². The van der Waals surface area contributed by atoms with E-state index in [1.165, 1.54) is 0 Å². The number of para-hydroxylation sites is 1. The summed E-state index contributed by atoms with van der Waals surface area (Å²) in [7, 11) is -3.61. The number of piperazine rings is 1. The van der Waals surface area contributed by atoms with Crippen molar-refractivity contribution in [2.45, 2.75) is 25.2 Å². The van der Waals surface area contributed by atoms with Crippen molar-refractivity contribution in [2.24, 2.45) is 0 Å². The number of nitrogens with one attached hydrogen (secondary N) is 1. The molecule has 0 saturated carbocycles. The lowest BCUT2D eigenvalue weighted by Crippen LogP contribution is -2.49. The van der Waals surface area contributed by atoms with Crippen LogP contribution in [0.3, 0.4) is 0 Å². The number of carbonyl (C=O) groups excluding carboxylic acids is 1. The molecule has 2 aromatic carbocycles. The number of benzene rings is 2. The third-order valence-electron chi connectivity index (χ3n) is 5.02. The SMILES string of the molecule is Cc1ccc(C)c(S(=O)(=O)NCCC(=O)N2CCN(c3ccccc3)CC2)c1. The number of hydrogen-bond donors (Lipinski definition) is 1. The molecule has 6 nitrogen and oxygen atoms in total. The molecule has 28 heavy (non-hydrogen) atoms. The van der Waals surface area contributed by atoms with Crippen LogP contribution in [0.15, 0.2) is 53.4 Å². The quantitative estimate of drug-likeness (QED) is 0.807. The maximum Gasteiger partial charge on any atom is 0.240 e. The number of anilines is 1. The van der Waals surface area contributed by atoms with E-state index in [0.29, 0.717) is 18.7 Å². The summed E-state index contributed by atoms with van der Waals surface area (Å²) in [6.45, 7) is 6.60. The van der Waals surface area contributed by atoms with Crippen LogP contribution >= 0.6 is 0 Å². The fourth-order valence-electron chi connectivity index (χ4n) is 3.38. The van der Waals surface area contributed by atoms with Crippen LogP contribution < -0.4 is 9.62 Å². The Bertz CT molecular complexity index is 921. The van der Waals surface area contributed by atoms with E-state index in [4.69, 9.17) is 0 Å². The minimum atomic E-state index is -3.61. The van der Waals surface area contributed by atoms with Gasteiger partial charge in [-0.2, -0.15) is 0 Å². The van der Waals surface area contributed by atoms with Crippen LogP contribution in [-0.4, -0.2) is 51.9 Å². The number of amides is 1. The maximum atomic E-state index is 12.5. The zero-order valence-electron chi connectivity index (χ0n) is 16.4. The maximum absolute atomic E-state index is 12.5. The van der Waals surface area contributed by atoms with Crippen LogP contribution in [0, 0.1) is 13.8 Å². The summed E-state index contributed by atoms with van der Waals surface area (Å²) in [5.74, 6) is -0.0172. The van der Waals surface area contributed by atoms with Crippen LogP contribution in [0.25, 0.3) is 0 Å². The first-order valence-corrected chi connectivity index (χ1v) is 11.0. The lowest BCUT2D eigenvalue weighted by molar-refractivity contribution is -0.131. The highest BCUT2D eigenvalue weighted by Gasteiger charge is 2.22. The summed E-state index contributed by atoms with van der Waals surface area (Å²) < 4.78 is 27.6. The summed E-state index contributed by atoms with van der Waals surface area (Å²) in [6.07, 6.45) is 0.162. The molecule has 1 heterocycles. The Kier molecular flexibility index (Phi) is 6.36. The number of rotatable bonds is 6. The zero-order chi connectivity index (χ0) is 20.1. The highest BCUT2D eigenvalue weighted by Crippen LogP contribution is 2.17. The number of sulfonamides is 1. The van der Waals surface area contributed by atoms with Gasteiger partial charge < -0.3 is 9.80 Å². The minimum Gasteiger partial charge on any atom is -0.368 e. The van der Waals surface area contributed by atoms with Gasteiger partial charge in [0.2, 0.25) is 15.9 Å². The van der Waals surface area contributed by atoms with E-state index < -0.39 is 10.0 Å². The Hall–Kier alpha value is -2.38. The van der Waals surface area contributed by atoms with Crippen molar-refractivity contribution >= 4 is 21.6 Å². The van der Waals surface area contributed by atoms with Gasteiger partial charge >= 0.3 is 0 Å². The van der Waals surface area contributed by atoms with Crippen molar-refractivity contribution < 1.29 is 13.2 Å². The van der Waals surface area contributed by atoms with Crippen molar-refractivity contribution in [1.82, 2.24) is 9.62 Å². The van der Waals surface area contributed by atoms with Crippen LogP contribution in [0.1, 0.15) is 17.5 Å². The first kappa shape index (κ1) is 20.4. The predicted molar refractivity (Wildman–Crippen MR) is 111 cm³/mol. The number of hydrogen-bond acceptors (Lipinski definition) is 4. The number of aryl methyl sites for hydroxylation is 2. The molecule has 1 saturated heterocycles. The smallest absolute Gasteiger partial charge is 0.240 e. The highest BCUT2D eigenvalue weighted by atomic mass is 32.2.